The Bertz CT molecular complexity index is 912. The highest BCUT2D eigenvalue weighted by Crippen LogP contribution is 2.26. The average molecular weight is 397 g/mol. The number of hydrogen-bond donors (Lipinski definition) is 1. The fourth-order valence-corrected chi connectivity index (χ4v) is 3.59. The van der Waals surface area contributed by atoms with Crippen molar-refractivity contribution in [1.29, 1.82) is 0 Å². The van der Waals surface area contributed by atoms with Crippen molar-refractivity contribution in [2.75, 3.05) is 18.9 Å². The number of carbonyl (C=O) groups is 1. The second-order valence-electron chi connectivity index (χ2n) is 6.17. The van der Waals surface area contributed by atoms with Crippen LogP contribution >= 0.6 is 11.8 Å². The van der Waals surface area contributed by atoms with Crippen LogP contribution < -0.4 is 10.1 Å². The molecule has 0 aliphatic carbocycles. The molecule has 3 rings (SSSR count). The van der Waals surface area contributed by atoms with Crippen molar-refractivity contribution in [1.82, 2.24) is 20.1 Å². The zero-order chi connectivity index (χ0) is 19.8. The zero-order valence-electron chi connectivity index (χ0n) is 16.1. The summed E-state index contributed by atoms with van der Waals surface area (Å²) in [5.74, 6) is 1.87. The van der Waals surface area contributed by atoms with E-state index < -0.39 is 0 Å². The van der Waals surface area contributed by atoms with Crippen molar-refractivity contribution in [3.8, 4) is 17.1 Å². The summed E-state index contributed by atoms with van der Waals surface area (Å²) in [6.45, 7) is 5.75. The first-order valence-corrected chi connectivity index (χ1v) is 10.2. The van der Waals surface area contributed by atoms with Crippen molar-refractivity contribution in [3.63, 3.8) is 0 Å². The molecule has 0 aliphatic heterocycles. The van der Waals surface area contributed by atoms with E-state index in [1.165, 1.54) is 11.8 Å². The summed E-state index contributed by atoms with van der Waals surface area (Å²) in [6, 6.07) is 17.6. The van der Waals surface area contributed by atoms with Crippen LogP contribution in [0.15, 0.2) is 59.8 Å². The van der Waals surface area contributed by atoms with Crippen LogP contribution in [-0.4, -0.2) is 39.6 Å². The first-order chi connectivity index (χ1) is 13.7. The van der Waals surface area contributed by atoms with Crippen LogP contribution in [0.2, 0.25) is 0 Å². The van der Waals surface area contributed by atoms with Crippen molar-refractivity contribution < 1.29 is 9.53 Å². The molecule has 0 fully saturated rings. The summed E-state index contributed by atoms with van der Waals surface area (Å²) >= 11 is 1.39. The number of hydrogen-bond acceptors (Lipinski definition) is 5. The minimum Gasteiger partial charge on any atom is -0.492 e. The largest absolute Gasteiger partial charge is 0.492 e. The van der Waals surface area contributed by atoms with Crippen molar-refractivity contribution >= 4 is 17.7 Å². The maximum absolute atomic E-state index is 12.1. The Morgan fingerprint density at radius 1 is 1.11 bits per heavy atom. The Kier molecular flexibility index (Phi) is 7.08. The molecule has 6 nitrogen and oxygen atoms in total. The van der Waals surface area contributed by atoms with Gasteiger partial charge in [0.2, 0.25) is 5.91 Å². The van der Waals surface area contributed by atoms with Crippen LogP contribution in [0.5, 0.6) is 5.75 Å². The molecule has 7 heteroatoms. The minimum atomic E-state index is -0.0512. The molecule has 0 saturated carbocycles. The van der Waals surface area contributed by atoms with Gasteiger partial charge in [-0.3, -0.25) is 4.79 Å². The molecule has 2 aromatic carbocycles. The van der Waals surface area contributed by atoms with Crippen molar-refractivity contribution in [3.05, 3.63) is 60.2 Å². The van der Waals surface area contributed by atoms with Gasteiger partial charge in [-0.05, 0) is 31.5 Å². The second-order valence-corrected chi connectivity index (χ2v) is 7.11. The Morgan fingerprint density at radius 3 is 2.61 bits per heavy atom. The van der Waals surface area contributed by atoms with Gasteiger partial charge in [0.25, 0.3) is 0 Å². The number of aryl methyl sites for hydroxylation is 1. The van der Waals surface area contributed by atoms with E-state index in [4.69, 9.17) is 4.74 Å². The maximum atomic E-state index is 12.1. The van der Waals surface area contributed by atoms with Gasteiger partial charge < -0.3 is 14.6 Å². The third kappa shape index (κ3) is 5.13. The maximum Gasteiger partial charge on any atom is 0.230 e. The van der Waals surface area contributed by atoms with Crippen LogP contribution in [-0.2, 0) is 11.3 Å². The highest BCUT2D eigenvalue weighted by Gasteiger charge is 2.15. The minimum absolute atomic E-state index is 0.0512. The van der Waals surface area contributed by atoms with E-state index in [2.05, 4.69) is 35.4 Å². The Morgan fingerprint density at radius 2 is 1.86 bits per heavy atom. The fraction of sp³-hybridized carbons (Fsp3) is 0.286. The normalized spacial score (nSPS) is 10.6. The van der Waals surface area contributed by atoms with Gasteiger partial charge in [0.1, 0.15) is 12.4 Å². The van der Waals surface area contributed by atoms with E-state index in [0.717, 1.165) is 34.4 Å². The van der Waals surface area contributed by atoms with Crippen LogP contribution in [0.3, 0.4) is 0 Å². The number of benzene rings is 2. The number of nitrogens with zero attached hydrogens (tertiary/aromatic N) is 3. The molecule has 1 amide bonds. The first-order valence-electron chi connectivity index (χ1n) is 9.25. The van der Waals surface area contributed by atoms with E-state index in [1.807, 2.05) is 53.1 Å². The lowest BCUT2D eigenvalue weighted by Gasteiger charge is -2.09. The smallest absolute Gasteiger partial charge is 0.230 e. The molecular formula is C21H24N4O2S. The van der Waals surface area contributed by atoms with Gasteiger partial charge >= 0.3 is 0 Å². The summed E-state index contributed by atoms with van der Waals surface area (Å²) in [5.41, 5.74) is 2.21. The third-order valence-electron chi connectivity index (χ3n) is 4.19. The van der Waals surface area contributed by atoms with Gasteiger partial charge in [-0.25, -0.2) is 0 Å². The van der Waals surface area contributed by atoms with E-state index in [-0.39, 0.29) is 11.7 Å². The van der Waals surface area contributed by atoms with E-state index in [0.29, 0.717) is 13.2 Å². The zero-order valence-corrected chi connectivity index (χ0v) is 16.9. The van der Waals surface area contributed by atoms with E-state index >= 15 is 0 Å². The monoisotopic (exact) mass is 396 g/mol. The second kappa shape index (κ2) is 9.94. The summed E-state index contributed by atoms with van der Waals surface area (Å²) in [6.07, 6.45) is 0. The molecule has 146 valence electrons. The van der Waals surface area contributed by atoms with E-state index in [1.54, 1.807) is 0 Å². The first kappa shape index (κ1) is 19.9. The number of aromatic nitrogens is 3. The van der Waals surface area contributed by atoms with Crippen molar-refractivity contribution in [2.24, 2.45) is 0 Å². The fourth-order valence-electron chi connectivity index (χ4n) is 2.76. The van der Waals surface area contributed by atoms with Gasteiger partial charge in [-0.1, -0.05) is 54.2 Å². The quantitative estimate of drug-likeness (QED) is 0.442. The van der Waals surface area contributed by atoms with Gasteiger partial charge in [-0.15, -0.1) is 10.2 Å². The summed E-state index contributed by atoms with van der Waals surface area (Å²) in [5, 5.41) is 12.2. The molecule has 0 bridgehead atoms. The SMILES string of the molecule is CCn1c(SCC(=O)NCCOc2ccccc2)nnc1-c1ccccc1C. The molecule has 1 aromatic heterocycles. The molecule has 0 unspecified atom stereocenters. The molecular weight excluding hydrogens is 372 g/mol. The molecule has 0 radical (unpaired) electrons. The number of ether oxygens (including phenoxy) is 1. The van der Waals surface area contributed by atoms with Crippen LogP contribution in [0.1, 0.15) is 12.5 Å². The Balaban J connectivity index is 1.50. The highest BCUT2D eigenvalue weighted by atomic mass is 32.2. The number of carbonyl (C=O) groups excluding carboxylic acids is 1. The predicted molar refractivity (Wildman–Crippen MR) is 112 cm³/mol. The van der Waals surface area contributed by atoms with Crippen LogP contribution in [0.25, 0.3) is 11.4 Å². The molecule has 1 N–H and O–H groups in total. The van der Waals surface area contributed by atoms with E-state index in [9.17, 15) is 4.79 Å². The lowest BCUT2D eigenvalue weighted by Crippen LogP contribution is -2.29. The standard InChI is InChI=1S/C21H24N4O2S/c1-3-25-20(18-12-8-7-9-16(18)2)23-24-21(25)28-15-19(26)22-13-14-27-17-10-5-4-6-11-17/h4-12H,3,13-15H2,1-2H3,(H,22,26). The molecule has 0 spiro atoms. The molecule has 0 atom stereocenters. The Hall–Kier alpha value is -2.80. The van der Waals surface area contributed by atoms with Gasteiger partial charge in [0, 0.05) is 12.1 Å². The number of rotatable bonds is 9. The lowest BCUT2D eigenvalue weighted by atomic mass is 10.1. The number of nitrogens with one attached hydrogen (secondary N) is 1. The van der Waals surface area contributed by atoms with Crippen molar-refractivity contribution in [2.45, 2.75) is 25.5 Å². The lowest BCUT2D eigenvalue weighted by molar-refractivity contribution is -0.118. The summed E-state index contributed by atoms with van der Waals surface area (Å²) in [7, 11) is 0. The molecule has 0 saturated heterocycles. The number of amides is 1. The van der Waals surface area contributed by atoms with Gasteiger partial charge in [-0.2, -0.15) is 0 Å². The van der Waals surface area contributed by atoms with Gasteiger partial charge in [0.05, 0.1) is 12.3 Å². The predicted octanol–water partition coefficient (Wildman–Crippen LogP) is 3.56. The average Bonchev–Trinajstić information content (AvgIpc) is 3.13. The van der Waals surface area contributed by atoms with Crippen LogP contribution in [0, 0.1) is 6.92 Å². The number of para-hydroxylation sites is 1. The number of thioether (sulfide) groups is 1. The molecule has 3 aromatic rings. The third-order valence-corrected chi connectivity index (χ3v) is 5.15. The summed E-state index contributed by atoms with van der Waals surface area (Å²) in [4.78, 5) is 12.1. The van der Waals surface area contributed by atoms with Crippen LogP contribution in [0.4, 0.5) is 0 Å². The molecule has 1 heterocycles. The Labute approximate surface area is 169 Å². The highest BCUT2D eigenvalue weighted by molar-refractivity contribution is 7.99. The molecule has 28 heavy (non-hydrogen) atoms. The van der Waals surface area contributed by atoms with Gasteiger partial charge in [0.15, 0.2) is 11.0 Å². The summed E-state index contributed by atoms with van der Waals surface area (Å²) < 4.78 is 7.61. The molecule has 0 aliphatic rings. The topological polar surface area (TPSA) is 69.0 Å².